The average molecular weight is 498 g/mol. The van der Waals surface area contributed by atoms with E-state index in [0.717, 1.165) is 77.5 Å². The maximum absolute atomic E-state index is 9.57. The zero-order valence-corrected chi connectivity index (χ0v) is 20.4. The maximum atomic E-state index is 9.57. The lowest BCUT2D eigenvalue weighted by molar-refractivity contribution is 0.0824. The first-order valence-corrected chi connectivity index (χ1v) is 10.8. The van der Waals surface area contributed by atoms with Crippen LogP contribution in [0.25, 0.3) is 0 Å². The van der Waals surface area contributed by atoms with E-state index in [1.807, 2.05) is 0 Å². The Morgan fingerprint density at radius 3 is 2.44 bits per heavy atom. The highest BCUT2D eigenvalue weighted by atomic mass is 127. The molecule has 1 heterocycles. The summed E-state index contributed by atoms with van der Waals surface area (Å²) in [6.07, 6.45) is 5.20. The standard InChI is InChI=1S/C20H43N5O.HI/c1-5-21-20(23-18(4)10-8-14-24(6-2)7-3)22-13-9-15-25-16-11-19(26)12-17-25;/h18-19,26H,5-17H2,1-4H3,(H2,21,22,23);1H. The van der Waals surface area contributed by atoms with Crippen LogP contribution in [-0.4, -0.2) is 85.4 Å². The summed E-state index contributed by atoms with van der Waals surface area (Å²) in [5, 5.41) is 16.5. The minimum absolute atomic E-state index is 0. The third kappa shape index (κ3) is 12.9. The van der Waals surface area contributed by atoms with Gasteiger partial charge < -0.3 is 25.5 Å². The van der Waals surface area contributed by atoms with Crippen molar-refractivity contribution < 1.29 is 5.11 Å². The first-order chi connectivity index (χ1) is 12.6. The second kappa shape index (κ2) is 16.8. The third-order valence-electron chi connectivity index (χ3n) is 5.19. The molecule has 0 aromatic rings. The molecule has 7 heteroatoms. The number of piperidine rings is 1. The molecule has 1 rings (SSSR count). The van der Waals surface area contributed by atoms with E-state index in [1.165, 1.54) is 13.0 Å². The largest absolute Gasteiger partial charge is 0.393 e. The van der Waals surface area contributed by atoms with E-state index < -0.39 is 0 Å². The molecule has 1 unspecified atom stereocenters. The number of nitrogens with zero attached hydrogens (tertiary/aromatic N) is 3. The fourth-order valence-corrected chi connectivity index (χ4v) is 3.41. The first kappa shape index (κ1) is 26.9. The normalized spacial score (nSPS) is 17.6. The minimum atomic E-state index is -0.0861. The van der Waals surface area contributed by atoms with Crippen LogP contribution in [0.1, 0.15) is 59.8 Å². The number of rotatable bonds is 12. The molecular formula is C20H44IN5O. The Balaban J connectivity index is 0.00000676. The van der Waals surface area contributed by atoms with Crippen LogP contribution in [0.3, 0.4) is 0 Å². The Labute approximate surface area is 184 Å². The molecular weight excluding hydrogens is 453 g/mol. The summed E-state index contributed by atoms with van der Waals surface area (Å²) < 4.78 is 0. The van der Waals surface area contributed by atoms with Crippen molar-refractivity contribution in [2.45, 2.75) is 71.9 Å². The molecule has 27 heavy (non-hydrogen) atoms. The number of halogens is 1. The molecule has 0 saturated carbocycles. The van der Waals surface area contributed by atoms with Crippen LogP contribution in [0.2, 0.25) is 0 Å². The van der Waals surface area contributed by atoms with Gasteiger partial charge in [0, 0.05) is 32.2 Å². The fraction of sp³-hybridized carbons (Fsp3) is 0.950. The monoisotopic (exact) mass is 497 g/mol. The van der Waals surface area contributed by atoms with Crippen molar-refractivity contribution >= 4 is 29.9 Å². The second-order valence-electron chi connectivity index (χ2n) is 7.40. The van der Waals surface area contributed by atoms with E-state index in [1.54, 1.807) is 0 Å². The van der Waals surface area contributed by atoms with Crippen molar-refractivity contribution in [1.82, 2.24) is 20.4 Å². The van der Waals surface area contributed by atoms with Crippen molar-refractivity contribution in [3.8, 4) is 0 Å². The van der Waals surface area contributed by atoms with Crippen molar-refractivity contribution in [2.75, 3.05) is 52.4 Å². The second-order valence-corrected chi connectivity index (χ2v) is 7.40. The summed E-state index contributed by atoms with van der Waals surface area (Å²) in [6.45, 7) is 17.1. The van der Waals surface area contributed by atoms with E-state index >= 15 is 0 Å². The molecule has 0 aliphatic carbocycles. The Kier molecular flexibility index (Phi) is 16.7. The molecule has 0 spiro atoms. The van der Waals surface area contributed by atoms with E-state index in [2.05, 4.69) is 48.1 Å². The van der Waals surface area contributed by atoms with Gasteiger partial charge >= 0.3 is 0 Å². The van der Waals surface area contributed by atoms with Gasteiger partial charge in [0.2, 0.25) is 0 Å². The lowest BCUT2D eigenvalue weighted by atomic mass is 10.1. The van der Waals surface area contributed by atoms with Gasteiger partial charge in [-0.2, -0.15) is 0 Å². The third-order valence-corrected chi connectivity index (χ3v) is 5.19. The number of nitrogens with one attached hydrogen (secondary N) is 2. The van der Waals surface area contributed by atoms with Crippen LogP contribution in [0.4, 0.5) is 0 Å². The van der Waals surface area contributed by atoms with Gasteiger partial charge in [0.15, 0.2) is 5.96 Å². The summed E-state index contributed by atoms with van der Waals surface area (Å²) >= 11 is 0. The van der Waals surface area contributed by atoms with Crippen LogP contribution in [0, 0.1) is 0 Å². The van der Waals surface area contributed by atoms with Crippen molar-refractivity contribution in [3.63, 3.8) is 0 Å². The number of guanidine groups is 1. The van der Waals surface area contributed by atoms with E-state index in [0.29, 0.717) is 6.04 Å². The molecule has 162 valence electrons. The molecule has 1 atom stereocenters. The summed E-state index contributed by atoms with van der Waals surface area (Å²) in [6, 6.07) is 0.437. The first-order valence-electron chi connectivity index (χ1n) is 10.8. The van der Waals surface area contributed by atoms with Crippen LogP contribution in [0.15, 0.2) is 4.99 Å². The number of aliphatic imine (C=N–C) groups is 1. The average Bonchev–Trinajstić information content (AvgIpc) is 2.64. The number of likely N-dealkylation sites (tertiary alicyclic amines) is 1. The minimum Gasteiger partial charge on any atom is -0.393 e. The molecule has 1 saturated heterocycles. The molecule has 0 bridgehead atoms. The Morgan fingerprint density at radius 1 is 1.19 bits per heavy atom. The number of hydrogen-bond donors (Lipinski definition) is 3. The molecule has 0 amide bonds. The quantitative estimate of drug-likeness (QED) is 0.167. The maximum Gasteiger partial charge on any atom is 0.191 e. The predicted octanol–water partition coefficient (Wildman–Crippen LogP) is 2.52. The molecule has 0 aromatic carbocycles. The lowest BCUT2D eigenvalue weighted by Crippen LogP contribution is -2.42. The SMILES string of the molecule is CCNC(=NCCCN1CCC(O)CC1)NC(C)CCCN(CC)CC.I. The lowest BCUT2D eigenvalue weighted by Gasteiger charge is -2.29. The Hall–Kier alpha value is -0.120. The molecule has 1 aliphatic rings. The van der Waals surface area contributed by atoms with Gasteiger partial charge in [-0.05, 0) is 72.1 Å². The van der Waals surface area contributed by atoms with Gasteiger partial charge in [-0.1, -0.05) is 13.8 Å². The van der Waals surface area contributed by atoms with Crippen molar-refractivity contribution in [1.29, 1.82) is 0 Å². The zero-order chi connectivity index (χ0) is 19.2. The summed E-state index contributed by atoms with van der Waals surface area (Å²) in [7, 11) is 0. The number of aliphatic hydroxyl groups is 1. The van der Waals surface area contributed by atoms with E-state index in [9.17, 15) is 5.11 Å². The Morgan fingerprint density at radius 2 is 1.85 bits per heavy atom. The van der Waals surface area contributed by atoms with E-state index in [-0.39, 0.29) is 30.1 Å². The summed E-state index contributed by atoms with van der Waals surface area (Å²) in [5.41, 5.74) is 0. The molecule has 1 fully saturated rings. The zero-order valence-electron chi connectivity index (χ0n) is 18.0. The predicted molar refractivity (Wildman–Crippen MR) is 127 cm³/mol. The summed E-state index contributed by atoms with van der Waals surface area (Å²) in [5.74, 6) is 0.942. The van der Waals surface area contributed by atoms with Crippen LogP contribution >= 0.6 is 24.0 Å². The molecule has 1 aliphatic heterocycles. The highest BCUT2D eigenvalue weighted by Crippen LogP contribution is 2.09. The van der Waals surface area contributed by atoms with Gasteiger partial charge in [0.1, 0.15) is 0 Å². The molecule has 0 radical (unpaired) electrons. The Bertz CT molecular complexity index is 371. The van der Waals surface area contributed by atoms with Gasteiger partial charge in [-0.3, -0.25) is 4.99 Å². The fourth-order valence-electron chi connectivity index (χ4n) is 3.41. The van der Waals surface area contributed by atoms with Crippen molar-refractivity contribution in [2.24, 2.45) is 4.99 Å². The highest BCUT2D eigenvalue weighted by Gasteiger charge is 2.16. The van der Waals surface area contributed by atoms with E-state index in [4.69, 9.17) is 4.99 Å². The molecule has 6 nitrogen and oxygen atoms in total. The summed E-state index contributed by atoms with van der Waals surface area (Å²) in [4.78, 5) is 9.66. The van der Waals surface area contributed by atoms with Gasteiger partial charge in [0.25, 0.3) is 0 Å². The van der Waals surface area contributed by atoms with Crippen LogP contribution in [0.5, 0.6) is 0 Å². The smallest absolute Gasteiger partial charge is 0.191 e. The molecule has 0 aromatic heterocycles. The van der Waals surface area contributed by atoms with Gasteiger partial charge in [-0.15, -0.1) is 24.0 Å². The molecule has 3 N–H and O–H groups in total. The number of hydrogen-bond acceptors (Lipinski definition) is 4. The topological polar surface area (TPSA) is 63.1 Å². The van der Waals surface area contributed by atoms with Gasteiger partial charge in [-0.25, -0.2) is 0 Å². The van der Waals surface area contributed by atoms with Crippen LogP contribution in [-0.2, 0) is 0 Å². The number of aliphatic hydroxyl groups excluding tert-OH is 1. The van der Waals surface area contributed by atoms with Gasteiger partial charge in [0.05, 0.1) is 6.10 Å². The highest BCUT2D eigenvalue weighted by molar-refractivity contribution is 14.0. The van der Waals surface area contributed by atoms with Crippen molar-refractivity contribution in [3.05, 3.63) is 0 Å². The van der Waals surface area contributed by atoms with Crippen LogP contribution < -0.4 is 10.6 Å².